The van der Waals surface area contributed by atoms with Crippen molar-refractivity contribution >= 4 is 0 Å². The minimum absolute atomic E-state index is 0.129. The van der Waals surface area contributed by atoms with Gasteiger partial charge in [0.15, 0.2) is 5.75 Å². The second kappa shape index (κ2) is 7.05. The Bertz CT molecular complexity index is 538. The number of nitrogens with zero attached hydrogens (tertiary/aromatic N) is 3. The van der Waals surface area contributed by atoms with Crippen LogP contribution in [0.5, 0.6) is 11.6 Å². The molecule has 0 aliphatic carbocycles. The highest BCUT2D eigenvalue weighted by atomic mass is 16.5. The van der Waals surface area contributed by atoms with Gasteiger partial charge in [0.2, 0.25) is 5.88 Å². The first kappa shape index (κ1) is 14.5. The number of pyridine rings is 1. The highest BCUT2D eigenvalue weighted by Gasteiger charge is 2.10. The average Bonchev–Trinajstić information content (AvgIpc) is 2.88. The van der Waals surface area contributed by atoms with Gasteiger partial charge in [-0.3, -0.25) is 4.68 Å². The summed E-state index contributed by atoms with van der Waals surface area (Å²) in [7, 11) is 0. The van der Waals surface area contributed by atoms with Gasteiger partial charge >= 0.3 is 0 Å². The Kier molecular flexibility index (Phi) is 5.12. The van der Waals surface area contributed by atoms with E-state index in [1.165, 1.54) is 0 Å². The standard InChI is InChI=1S/C15H22N4O/c1-3-8-19-11-14(10-18-19)20-15-12(6-5-7-17-15)9-13(16)4-2/h5-7,10-11,13H,3-4,8-9,16H2,1-2H3. The van der Waals surface area contributed by atoms with Crippen molar-refractivity contribution in [2.24, 2.45) is 5.73 Å². The van der Waals surface area contributed by atoms with Crippen molar-refractivity contribution in [2.75, 3.05) is 0 Å². The molecular formula is C15H22N4O. The maximum absolute atomic E-state index is 6.01. The third-order valence-corrected chi connectivity index (χ3v) is 3.13. The van der Waals surface area contributed by atoms with E-state index in [1.54, 1.807) is 12.4 Å². The van der Waals surface area contributed by atoms with Gasteiger partial charge in [-0.15, -0.1) is 0 Å². The summed E-state index contributed by atoms with van der Waals surface area (Å²) >= 11 is 0. The van der Waals surface area contributed by atoms with Crippen molar-refractivity contribution in [1.82, 2.24) is 14.8 Å². The summed E-state index contributed by atoms with van der Waals surface area (Å²) in [5, 5.41) is 4.25. The molecule has 0 aliphatic heterocycles. The van der Waals surface area contributed by atoms with Gasteiger partial charge in [-0.1, -0.05) is 19.9 Å². The van der Waals surface area contributed by atoms with Crippen molar-refractivity contribution in [3.8, 4) is 11.6 Å². The van der Waals surface area contributed by atoms with E-state index in [2.05, 4.69) is 23.9 Å². The van der Waals surface area contributed by atoms with Crippen LogP contribution in [0.1, 0.15) is 32.3 Å². The molecule has 108 valence electrons. The van der Waals surface area contributed by atoms with Gasteiger partial charge in [0.05, 0.1) is 12.4 Å². The topological polar surface area (TPSA) is 66.0 Å². The van der Waals surface area contributed by atoms with Crippen molar-refractivity contribution in [3.05, 3.63) is 36.3 Å². The largest absolute Gasteiger partial charge is 0.435 e. The number of hydrogen-bond acceptors (Lipinski definition) is 4. The van der Waals surface area contributed by atoms with E-state index in [9.17, 15) is 0 Å². The Hall–Kier alpha value is -1.88. The molecule has 2 aromatic heterocycles. The summed E-state index contributed by atoms with van der Waals surface area (Å²) in [4.78, 5) is 4.30. The first-order valence-corrected chi connectivity index (χ1v) is 7.12. The smallest absolute Gasteiger partial charge is 0.222 e. The van der Waals surface area contributed by atoms with E-state index in [0.29, 0.717) is 11.6 Å². The summed E-state index contributed by atoms with van der Waals surface area (Å²) in [6.45, 7) is 5.08. The van der Waals surface area contributed by atoms with Crippen molar-refractivity contribution < 1.29 is 4.74 Å². The number of ether oxygens (including phenoxy) is 1. The number of aromatic nitrogens is 3. The van der Waals surface area contributed by atoms with Gasteiger partial charge in [0.1, 0.15) is 0 Å². The number of hydrogen-bond donors (Lipinski definition) is 1. The third kappa shape index (κ3) is 3.81. The van der Waals surface area contributed by atoms with Gasteiger partial charge in [0.25, 0.3) is 0 Å². The molecule has 0 aliphatic rings. The zero-order valence-corrected chi connectivity index (χ0v) is 12.1. The molecule has 0 amide bonds. The first-order chi connectivity index (χ1) is 9.72. The van der Waals surface area contributed by atoms with Gasteiger partial charge in [-0.2, -0.15) is 5.10 Å². The molecule has 0 radical (unpaired) electrons. The lowest BCUT2D eigenvalue weighted by Crippen LogP contribution is -2.21. The Morgan fingerprint density at radius 2 is 2.25 bits per heavy atom. The minimum Gasteiger partial charge on any atom is -0.435 e. The fourth-order valence-electron chi connectivity index (χ4n) is 1.96. The van der Waals surface area contributed by atoms with Gasteiger partial charge in [-0.25, -0.2) is 4.98 Å². The summed E-state index contributed by atoms with van der Waals surface area (Å²) in [6, 6.07) is 4.05. The molecule has 2 N–H and O–H groups in total. The lowest BCUT2D eigenvalue weighted by Gasteiger charge is -2.12. The van der Waals surface area contributed by atoms with Crippen LogP contribution in [-0.2, 0) is 13.0 Å². The van der Waals surface area contributed by atoms with E-state index in [4.69, 9.17) is 10.5 Å². The van der Waals surface area contributed by atoms with Crippen LogP contribution in [0.2, 0.25) is 0 Å². The maximum atomic E-state index is 6.01. The predicted octanol–water partition coefficient (Wildman–Crippen LogP) is 2.76. The average molecular weight is 274 g/mol. The van der Waals surface area contributed by atoms with Crippen molar-refractivity contribution in [1.29, 1.82) is 0 Å². The number of rotatable bonds is 7. The summed E-state index contributed by atoms with van der Waals surface area (Å²) < 4.78 is 7.70. The SMILES string of the molecule is CCCn1cc(Oc2ncccc2CC(N)CC)cn1. The maximum Gasteiger partial charge on any atom is 0.222 e. The molecule has 5 heteroatoms. The Morgan fingerprint density at radius 3 is 3.00 bits per heavy atom. The second-order valence-electron chi connectivity index (χ2n) is 4.88. The first-order valence-electron chi connectivity index (χ1n) is 7.12. The van der Waals surface area contributed by atoms with E-state index in [-0.39, 0.29) is 6.04 Å². The molecule has 0 saturated carbocycles. The van der Waals surface area contributed by atoms with Crippen LogP contribution < -0.4 is 10.5 Å². The van der Waals surface area contributed by atoms with Crippen LogP contribution >= 0.6 is 0 Å². The van der Waals surface area contributed by atoms with Crippen LogP contribution in [0, 0.1) is 0 Å². The quantitative estimate of drug-likeness (QED) is 0.843. The molecule has 0 saturated heterocycles. The number of aryl methyl sites for hydroxylation is 1. The molecule has 5 nitrogen and oxygen atoms in total. The van der Waals surface area contributed by atoms with Crippen molar-refractivity contribution in [3.63, 3.8) is 0 Å². The summed E-state index contributed by atoms with van der Waals surface area (Å²) in [6.07, 6.45) is 8.08. The van der Waals surface area contributed by atoms with Gasteiger partial charge in [0, 0.05) is 24.3 Å². The van der Waals surface area contributed by atoms with E-state index >= 15 is 0 Å². The van der Waals surface area contributed by atoms with E-state index < -0.39 is 0 Å². The monoisotopic (exact) mass is 274 g/mol. The molecular weight excluding hydrogens is 252 g/mol. The molecule has 20 heavy (non-hydrogen) atoms. The Morgan fingerprint density at radius 1 is 1.40 bits per heavy atom. The molecule has 2 rings (SSSR count). The normalized spacial score (nSPS) is 12.3. The molecule has 0 spiro atoms. The highest BCUT2D eigenvalue weighted by molar-refractivity contribution is 5.30. The molecule has 0 bridgehead atoms. The molecule has 1 atom stereocenters. The Labute approximate surface area is 119 Å². The molecule has 0 fully saturated rings. The van der Waals surface area contributed by atoms with Crippen LogP contribution in [0.4, 0.5) is 0 Å². The van der Waals surface area contributed by atoms with Crippen LogP contribution in [-0.4, -0.2) is 20.8 Å². The predicted molar refractivity (Wildman–Crippen MR) is 78.8 cm³/mol. The van der Waals surface area contributed by atoms with Crippen LogP contribution in [0.15, 0.2) is 30.7 Å². The summed E-state index contributed by atoms with van der Waals surface area (Å²) in [5.41, 5.74) is 7.04. The molecule has 2 aromatic rings. The van der Waals surface area contributed by atoms with Crippen LogP contribution in [0.3, 0.4) is 0 Å². The third-order valence-electron chi connectivity index (χ3n) is 3.13. The Balaban J connectivity index is 2.11. The zero-order valence-electron chi connectivity index (χ0n) is 12.1. The van der Waals surface area contributed by atoms with Crippen LogP contribution in [0.25, 0.3) is 0 Å². The van der Waals surface area contributed by atoms with Crippen molar-refractivity contribution in [2.45, 2.75) is 45.7 Å². The zero-order chi connectivity index (χ0) is 14.4. The van der Waals surface area contributed by atoms with Gasteiger partial charge in [-0.05, 0) is 25.3 Å². The molecule has 2 heterocycles. The molecule has 1 unspecified atom stereocenters. The van der Waals surface area contributed by atoms with E-state index in [1.807, 2.05) is 23.0 Å². The van der Waals surface area contributed by atoms with Gasteiger partial charge < -0.3 is 10.5 Å². The lowest BCUT2D eigenvalue weighted by atomic mass is 10.1. The molecule has 0 aromatic carbocycles. The highest BCUT2D eigenvalue weighted by Crippen LogP contribution is 2.23. The minimum atomic E-state index is 0.129. The van der Waals surface area contributed by atoms with E-state index in [0.717, 1.165) is 31.4 Å². The fraction of sp³-hybridized carbons (Fsp3) is 0.467. The second-order valence-corrected chi connectivity index (χ2v) is 4.88. The summed E-state index contributed by atoms with van der Waals surface area (Å²) in [5.74, 6) is 1.33. The lowest BCUT2D eigenvalue weighted by molar-refractivity contribution is 0.451. The number of nitrogens with two attached hydrogens (primary N) is 1. The fourth-order valence-corrected chi connectivity index (χ4v) is 1.96.